The first-order valence-electron chi connectivity index (χ1n) is 7.83. The molecule has 0 bridgehead atoms. The van der Waals surface area contributed by atoms with E-state index < -0.39 is 0 Å². The Morgan fingerprint density at radius 2 is 1.48 bits per heavy atom. The van der Waals surface area contributed by atoms with Crippen LogP contribution in [0.1, 0.15) is 0 Å². The quantitative estimate of drug-likeness (QED) is 0.271. The molecule has 0 unspecified atom stereocenters. The monoisotopic (exact) mass is 292 g/mol. The molecule has 0 saturated heterocycles. The van der Waals surface area contributed by atoms with Gasteiger partial charge < -0.3 is 0 Å². The number of aromatic nitrogens is 2. The molecule has 3 aromatic heterocycles. The summed E-state index contributed by atoms with van der Waals surface area (Å²) in [4.78, 5) is 4.60. The van der Waals surface area contributed by atoms with E-state index in [1.54, 1.807) is 0 Å². The topological polar surface area (TPSA) is 17.3 Å². The average molecular weight is 292 g/mol. The summed E-state index contributed by atoms with van der Waals surface area (Å²) in [5, 5.41) is 7.82. The van der Waals surface area contributed by atoms with Crippen molar-refractivity contribution in [2.75, 3.05) is 0 Å². The number of rotatable bonds is 0. The van der Waals surface area contributed by atoms with Gasteiger partial charge in [0, 0.05) is 16.2 Å². The molecule has 0 atom stereocenters. The minimum atomic E-state index is 1.01. The number of pyridine rings is 2. The maximum Gasteiger partial charge on any atom is 0.137 e. The van der Waals surface area contributed by atoms with E-state index in [1.165, 1.54) is 43.4 Å². The van der Waals surface area contributed by atoms with Gasteiger partial charge in [-0.3, -0.25) is 4.40 Å². The summed E-state index contributed by atoms with van der Waals surface area (Å²) >= 11 is 0. The summed E-state index contributed by atoms with van der Waals surface area (Å²) in [5.41, 5.74) is 3.42. The van der Waals surface area contributed by atoms with Crippen LogP contribution in [0, 0.1) is 0 Å². The summed E-state index contributed by atoms with van der Waals surface area (Å²) < 4.78 is 2.28. The standard InChI is InChI=1S/C21H12N2/c1-2-7-15-13(5-1)11-14-6-3-8-16-18-12-22-19-10-4-9-17(23(18)19)21(15)20(14)16/h1-12H. The molecular formula is C21H12N2. The molecule has 0 spiro atoms. The number of hydrogen-bond acceptors (Lipinski definition) is 1. The zero-order chi connectivity index (χ0) is 15.0. The lowest BCUT2D eigenvalue weighted by Crippen LogP contribution is -1.93. The van der Waals surface area contributed by atoms with E-state index in [0.29, 0.717) is 0 Å². The molecule has 6 rings (SSSR count). The lowest BCUT2D eigenvalue weighted by molar-refractivity contribution is 1.30. The fourth-order valence-electron chi connectivity index (χ4n) is 4.02. The molecule has 23 heavy (non-hydrogen) atoms. The van der Waals surface area contributed by atoms with Crippen molar-refractivity contribution in [1.29, 1.82) is 0 Å². The van der Waals surface area contributed by atoms with Crippen molar-refractivity contribution >= 4 is 49.0 Å². The third-order valence-electron chi connectivity index (χ3n) is 4.95. The van der Waals surface area contributed by atoms with Crippen LogP contribution in [0.15, 0.2) is 72.9 Å². The summed E-state index contributed by atoms with van der Waals surface area (Å²) in [7, 11) is 0. The van der Waals surface area contributed by atoms with Crippen molar-refractivity contribution < 1.29 is 0 Å². The number of fused-ring (bicyclic) bond motifs is 4. The first kappa shape index (κ1) is 11.4. The zero-order valence-corrected chi connectivity index (χ0v) is 12.3. The molecule has 0 fully saturated rings. The second-order valence-corrected chi connectivity index (χ2v) is 6.12. The van der Waals surface area contributed by atoms with Gasteiger partial charge in [0.05, 0.1) is 17.2 Å². The second-order valence-electron chi connectivity index (χ2n) is 6.12. The summed E-state index contributed by atoms with van der Waals surface area (Å²) in [6.07, 6.45) is 1.99. The van der Waals surface area contributed by atoms with Crippen molar-refractivity contribution in [1.82, 2.24) is 9.38 Å². The van der Waals surface area contributed by atoms with Crippen LogP contribution in [0.4, 0.5) is 0 Å². The van der Waals surface area contributed by atoms with Crippen LogP contribution in [0.3, 0.4) is 0 Å². The van der Waals surface area contributed by atoms with E-state index in [0.717, 1.165) is 5.65 Å². The Morgan fingerprint density at radius 3 is 2.48 bits per heavy atom. The normalized spacial score (nSPS) is 12.3. The fourth-order valence-corrected chi connectivity index (χ4v) is 4.02. The van der Waals surface area contributed by atoms with Crippen LogP contribution in [-0.4, -0.2) is 9.38 Å². The number of imidazole rings is 1. The van der Waals surface area contributed by atoms with E-state index in [1.807, 2.05) is 6.20 Å². The number of benzene rings is 3. The highest BCUT2D eigenvalue weighted by Gasteiger charge is 2.15. The second kappa shape index (κ2) is 3.79. The lowest BCUT2D eigenvalue weighted by Gasteiger charge is -2.14. The highest BCUT2D eigenvalue weighted by Crippen LogP contribution is 2.39. The number of nitrogens with zero attached hydrogens (tertiary/aromatic N) is 2. The average Bonchev–Trinajstić information content (AvgIpc) is 3.03. The third-order valence-corrected chi connectivity index (χ3v) is 4.95. The van der Waals surface area contributed by atoms with Gasteiger partial charge in [-0.05, 0) is 34.4 Å². The van der Waals surface area contributed by atoms with Gasteiger partial charge in [-0.15, -0.1) is 0 Å². The van der Waals surface area contributed by atoms with Crippen LogP contribution >= 0.6 is 0 Å². The molecule has 0 aliphatic rings. The molecule has 0 amide bonds. The molecule has 0 radical (unpaired) electrons. The van der Waals surface area contributed by atoms with Gasteiger partial charge in [0.15, 0.2) is 0 Å². The Kier molecular flexibility index (Phi) is 1.89. The van der Waals surface area contributed by atoms with Crippen molar-refractivity contribution in [3.05, 3.63) is 72.9 Å². The van der Waals surface area contributed by atoms with Crippen LogP contribution < -0.4 is 0 Å². The van der Waals surface area contributed by atoms with E-state index >= 15 is 0 Å². The molecule has 0 aliphatic carbocycles. The van der Waals surface area contributed by atoms with Gasteiger partial charge in [-0.1, -0.05) is 48.5 Å². The molecular weight excluding hydrogens is 280 g/mol. The van der Waals surface area contributed by atoms with Gasteiger partial charge in [0.25, 0.3) is 0 Å². The first-order valence-corrected chi connectivity index (χ1v) is 7.83. The maximum atomic E-state index is 4.60. The lowest BCUT2D eigenvalue weighted by atomic mass is 9.94. The highest BCUT2D eigenvalue weighted by molar-refractivity contribution is 6.29. The molecule has 0 aliphatic heterocycles. The molecule has 6 aromatic rings. The van der Waals surface area contributed by atoms with Crippen LogP contribution in [0.25, 0.3) is 49.0 Å². The van der Waals surface area contributed by atoms with Crippen molar-refractivity contribution in [3.8, 4) is 0 Å². The van der Waals surface area contributed by atoms with E-state index in [9.17, 15) is 0 Å². The predicted molar refractivity (Wildman–Crippen MR) is 96.4 cm³/mol. The van der Waals surface area contributed by atoms with Crippen LogP contribution in [0.5, 0.6) is 0 Å². The first-order chi connectivity index (χ1) is 11.4. The molecule has 3 aromatic carbocycles. The van der Waals surface area contributed by atoms with Gasteiger partial charge >= 0.3 is 0 Å². The Balaban J connectivity index is 2.15. The Morgan fingerprint density at radius 1 is 0.652 bits per heavy atom. The molecule has 106 valence electrons. The van der Waals surface area contributed by atoms with E-state index in [-0.39, 0.29) is 0 Å². The molecule has 0 N–H and O–H groups in total. The Hall–Kier alpha value is -3.13. The van der Waals surface area contributed by atoms with Crippen molar-refractivity contribution in [2.45, 2.75) is 0 Å². The number of hydrogen-bond donors (Lipinski definition) is 0. The Bertz CT molecular complexity index is 1360. The molecule has 3 heterocycles. The molecule has 2 heteroatoms. The zero-order valence-electron chi connectivity index (χ0n) is 12.3. The SMILES string of the molecule is c1ccc2c(c1)cc1cccc3c1c2c1cccc2ncc3n21. The summed E-state index contributed by atoms with van der Waals surface area (Å²) in [5.74, 6) is 0. The molecule has 2 nitrogen and oxygen atoms in total. The minimum Gasteiger partial charge on any atom is -0.292 e. The maximum absolute atomic E-state index is 4.60. The largest absolute Gasteiger partial charge is 0.292 e. The van der Waals surface area contributed by atoms with Crippen LogP contribution in [-0.2, 0) is 0 Å². The predicted octanol–water partition coefficient (Wildman–Crippen LogP) is 5.38. The Labute approximate surface area is 131 Å². The summed E-state index contributed by atoms with van der Waals surface area (Å²) in [6, 6.07) is 23.9. The van der Waals surface area contributed by atoms with Crippen LogP contribution in [0.2, 0.25) is 0 Å². The third kappa shape index (κ3) is 1.28. The fraction of sp³-hybridized carbons (Fsp3) is 0. The highest BCUT2D eigenvalue weighted by atomic mass is 15.0. The van der Waals surface area contributed by atoms with Gasteiger partial charge in [-0.2, -0.15) is 0 Å². The van der Waals surface area contributed by atoms with E-state index in [4.69, 9.17) is 0 Å². The van der Waals surface area contributed by atoms with Gasteiger partial charge in [-0.25, -0.2) is 4.98 Å². The van der Waals surface area contributed by atoms with Crippen molar-refractivity contribution in [2.24, 2.45) is 0 Å². The van der Waals surface area contributed by atoms with Gasteiger partial charge in [0.1, 0.15) is 5.65 Å². The van der Waals surface area contributed by atoms with Crippen molar-refractivity contribution in [3.63, 3.8) is 0 Å². The van der Waals surface area contributed by atoms with Gasteiger partial charge in [0.2, 0.25) is 0 Å². The molecule has 0 saturated carbocycles. The van der Waals surface area contributed by atoms with E-state index in [2.05, 4.69) is 76.1 Å². The smallest absolute Gasteiger partial charge is 0.137 e. The summed E-state index contributed by atoms with van der Waals surface area (Å²) in [6.45, 7) is 0. The minimum absolute atomic E-state index is 1.01.